The molecule has 0 unspecified atom stereocenters. The normalized spacial score (nSPS) is 10.1. The van der Waals surface area contributed by atoms with Crippen molar-refractivity contribution in [1.29, 1.82) is 0 Å². The van der Waals surface area contributed by atoms with E-state index in [0.717, 1.165) is 0 Å². The summed E-state index contributed by atoms with van der Waals surface area (Å²) >= 11 is 0. The number of ether oxygens (including phenoxy) is 2. The first-order chi connectivity index (χ1) is 8.26. The van der Waals surface area contributed by atoms with Gasteiger partial charge in [0.2, 0.25) is 11.8 Å². The molecule has 2 rings (SSSR count). The standard InChI is InChI=1S/C13H12FNO2/c1-16-12-8-7-10(13(15-12)17-2)9-5-3-4-6-11(9)14/h3-8H,1-2H3. The summed E-state index contributed by atoms with van der Waals surface area (Å²) in [4.78, 5) is 4.12. The Bertz CT molecular complexity index is 529. The molecule has 4 heteroatoms. The number of hydrogen-bond donors (Lipinski definition) is 0. The van der Waals surface area contributed by atoms with Crippen molar-refractivity contribution >= 4 is 0 Å². The Labute approximate surface area is 98.8 Å². The number of methoxy groups -OCH3 is 2. The molecular formula is C13H12FNO2. The number of pyridine rings is 1. The Morgan fingerprint density at radius 2 is 1.71 bits per heavy atom. The van der Waals surface area contributed by atoms with Gasteiger partial charge in [-0.05, 0) is 12.1 Å². The Kier molecular flexibility index (Phi) is 3.23. The maximum atomic E-state index is 13.7. The maximum Gasteiger partial charge on any atom is 0.224 e. The summed E-state index contributed by atoms with van der Waals surface area (Å²) in [6.45, 7) is 0. The molecular weight excluding hydrogens is 221 g/mol. The highest BCUT2D eigenvalue weighted by Crippen LogP contribution is 2.31. The molecule has 0 aliphatic carbocycles. The molecule has 17 heavy (non-hydrogen) atoms. The van der Waals surface area contributed by atoms with Gasteiger partial charge in [-0.1, -0.05) is 18.2 Å². The van der Waals surface area contributed by atoms with Gasteiger partial charge in [-0.25, -0.2) is 4.39 Å². The fraction of sp³-hybridized carbons (Fsp3) is 0.154. The first-order valence-corrected chi connectivity index (χ1v) is 5.10. The number of hydrogen-bond acceptors (Lipinski definition) is 3. The van der Waals surface area contributed by atoms with Gasteiger partial charge in [0.05, 0.1) is 14.2 Å². The van der Waals surface area contributed by atoms with E-state index in [1.807, 2.05) is 0 Å². The van der Waals surface area contributed by atoms with Crippen molar-refractivity contribution in [3.63, 3.8) is 0 Å². The van der Waals surface area contributed by atoms with E-state index in [1.165, 1.54) is 20.3 Å². The van der Waals surface area contributed by atoms with E-state index in [4.69, 9.17) is 9.47 Å². The minimum absolute atomic E-state index is 0.308. The number of halogens is 1. The Hall–Kier alpha value is -2.10. The molecule has 0 bridgehead atoms. The molecule has 0 saturated heterocycles. The van der Waals surface area contributed by atoms with Gasteiger partial charge in [0.15, 0.2) is 0 Å². The average Bonchev–Trinajstić information content (AvgIpc) is 2.38. The molecule has 1 aromatic heterocycles. The zero-order valence-electron chi connectivity index (χ0n) is 9.61. The summed E-state index contributed by atoms with van der Waals surface area (Å²) in [5.74, 6) is 0.467. The van der Waals surface area contributed by atoms with E-state index in [2.05, 4.69) is 4.98 Å². The lowest BCUT2D eigenvalue weighted by atomic mass is 10.1. The number of nitrogens with zero attached hydrogens (tertiary/aromatic N) is 1. The van der Waals surface area contributed by atoms with Crippen molar-refractivity contribution < 1.29 is 13.9 Å². The monoisotopic (exact) mass is 233 g/mol. The predicted molar refractivity (Wildman–Crippen MR) is 62.7 cm³/mol. The van der Waals surface area contributed by atoms with E-state index in [9.17, 15) is 4.39 Å². The lowest BCUT2D eigenvalue weighted by molar-refractivity contribution is 0.365. The lowest BCUT2D eigenvalue weighted by Gasteiger charge is -2.09. The Morgan fingerprint density at radius 3 is 2.35 bits per heavy atom. The van der Waals surface area contributed by atoms with Gasteiger partial charge in [-0.15, -0.1) is 0 Å². The van der Waals surface area contributed by atoms with Gasteiger partial charge in [0, 0.05) is 17.2 Å². The van der Waals surface area contributed by atoms with Gasteiger partial charge in [0.25, 0.3) is 0 Å². The van der Waals surface area contributed by atoms with Gasteiger partial charge < -0.3 is 9.47 Å². The van der Waals surface area contributed by atoms with Crippen LogP contribution in [-0.2, 0) is 0 Å². The number of aromatic nitrogens is 1. The third-order valence-corrected chi connectivity index (χ3v) is 2.40. The number of benzene rings is 1. The van der Waals surface area contributed by atoms with Crippen LogP contribution in [-0.4, -0.2) is 19.2 Å². The highest BCUT2D eigenvalue weighted by Gasteiger charge is 2.12. The summed E-state index contributed by atoms with van der Waals surface area (Å²) in [6.07, 6.45) is 0. The SMILES string of the molecule is COc1ccc(-c2ccccc2F)c(OC)n1. The molecule has 1 heterocycles. The largest absolute Gasteiger partial charge is 0.481 e. The van der Waals surface area contributed by atoms with Gasteiger partial charge >= 0.3 is 0 Å². The topological polar surface area (TPSA) is 31.4 Å². The zero-order valence-corrected chi connectivity index (χ0v) is 9.61. The molecule has 0 radical (unpaired) electrons. The summed E-state index contributed by atoms with van der Waals surface area (Å²) < 4.78 is 23.8. The molecule has 0 atom stereocenters. The summed E-state index contributed by atoms with van der Waals surface area (Å²) in [7, 11) is 3.01. The van der Waals surface area contributed by atoms with Crippen LogP contribution >= 0.6 is 0 Å². The van der Waals surface area contributed by atoms with Crippen molar-refractivity contribution in [1.82, 2.24) is 4.98 Å². The summed E-state index contributed by atoms with van der Waals surface area (Å²) in [6, 6.07) is 9.89. The minimum Gasteiger partial charge on any atom is -0.481 e. The highest BCUT2D eigenvalue weighted by molar-refractivity contribution is 5.69. The maximum absolute atomic E-state index is 13.7. The molecule has 2 aromatic rings. The van der Waals surface area contributed by atoms with Crippen LogP contribution in [0.1, 0.15) is 0 Å². The average molecular weight is 233 g/mol. The Morgan fingerprint density at radius 1 is 0.941 bits per heavy atom. The second-order valence-electron chi connectivity index (χ2n) is 3.39. The van der Waals surface area contributed by atoms with Crippen molar-refractivity contribution in [3.05, 3.63) is 42.2 Å². The van der Waals surface area contributed by atoms with Gasteiger partial charge in [0.1, 0.15) is 5.82 Å². The van der Waals surface area contributed by atoms with Crippen molar-refractivity contribution in [2.45, 2.75) is 0 Å². The summed E-state index contributed by atoms with van der Waals surface area (Å²) in [5, 5.41) is 0. The molecule has 0 spiro atoms. The lowest BCUT2D eigenvalue weighted by Crippen LogP contribution is -1.95. The predicted octanol–water partition coefficient (Wildman–Crippen LogP) is 2.90. The van der Waals surface area contributed by atoms with E-state index in [1.54, 1.807) is 30.3 Å². The smallest absolute Gasteiger partial charge is 0.224 e. The minimum atomic E-state index is -0.308. The fourth-order valence-electron chi connectivity index (χ4n) is 1.58. The second-order valence-corrected chi connectivity index (χ2v) is 3.39. The molecule has 88 valence electrons. The third-order valence-electron chi connectivity index (χ3n) is 2.40. The van der Waals surface area contributed by atoms with Crippen LogP contribution in [0.2, 0.25) is 0 Å². The van der Waals surface area contributed by atoms with Crippen molar-refractivity contribution in [2.75, 3.05) is 14.2 Å². The zero-order chi connectivity index (χ0) is 12.3. The quantitative estimate of drug-likeness (QED) is 0.816. The molecule has 0 saturated carbocycles. The van der Waals surface area contributed by atoms with Crippen molar-refractivity contribution in [2.24, 2.45) is 0 Å². The molecule has 0 aliphatic rings. The first-order valence-electron chi connectivity index (χ1n) is 5.10. The number of rotatable bonds is 3. The Balaban J connectivity index is 2.56. The fourth-order valence-corrected chi connectivity index (χ4v) is 1.58. The molecule has 3 nitrogen and oxygen atoms in total. The van der Waals surface area contributed by atoms with Crippen LogP contribution in [0, 0.1) is 5.82 Å². The highest BCUT2D eigenvalue weighted by atomic mass is 19.1. The van der Waals surface area contributed by atoms with E-state index < -0.39 is 0 Å². The third kappa shape index (κ3) is 2.20. The van der Waals surface area contributed by atoms with Crippen LogP contribution < -0.4 is 9.47 Å². The van der Waals surface area contributed by atoms with Crippen LogP contribution in [0.5, 0.6) is 11.8 Å². The molecule has 0 fully saturated rings. The van der Waals surface area contributed by atoms with E-state index >= 15 is 0 Å². The van der Waals surface area contributed by atoms with Gasteiger partial charge in [-0.2, -0.15) is 4.98 Å². The molecule has 0 amide bonds. The van der Waals surface area contributed by atoms with Crippen LogP contribution in [0.15, 0.2) is 36.4 Å². The van der Waals surface area contributed by atoms with E-state index in [0.29, 0.717) is 22.9 Å². The van der Waals surface area contributed by atoms with Crippen molar-refractivity contribution in [3.8, 4) is 22.9 Å². The molecule has 0 N–H and O–H groups in total. The van der Waals surface area contributed by atoms with Gasteiger partial charge in [-0.3, -0.25) is 0 Å². The van der Waals surface area contributed by atoms with Crippen LogP contribution in [0.4, 0.5) is 4.39 Å². The van der Waals surface area contributed by atoms with Crippen LogP contribution in [0.3, 0.4) is 0 Å². The second kappa shape index (κ2) is 4.82. The van der Waals surface area contributed by atoms with Crippen LogP contribution in [0.25, 0.3) is 11.1 Å². The summed E-state index contributed by atoms with van der Waals surface area (Å²) in [5.41, 5.74) is 1.06. The van der Waals surface area contributed by atoms with E-state index in [-0.39, 0.29) is 5.82 Å². The first kappa shape index (κ1) is 11.4. The molecule has 0 aliphatic heterocycles. The molecule has 1 aromatic carbocycles.